The summed E-state index contributed by atoms with van der Waals surface area (Å²) in [5, 5.41) is 10.9. The summed E-state index contributed by atoms with van der Waals surface area (Å²) in [5.74, 6) is -2.06. The van der Waals surface area contributed by atoms with Gasteiger partial charge in [0.25, 0.3) is 0 Å². The van der Waals surface area contributed by atoms with Gasteiger partial charge in [-0.15, -0.1) is 5.10 Å². The van der Waals surface area contributed by atoms with E-state index in [-0.39, 0.29) is 54.1 Å². The monoisotopic (exact) mass is 685 g/mol. The van der Waals surface area contributed by atoms with E-state index in [1.165, 1.54) is 40.2 Å². The molecule has 0 unspecified atom stereocenters. The molecule has 4 aromatic rings. The molecule has 6 rings (SSSR count). The lowest BCUT2D eigenvalue weighted by molar-refractivity contribution is -0.136. The molecule has 2 aliphatic heterocycles. The predicted molar refractivity (Wildman–Crippen MR) is 179 cm³/mol. The maximum atomic E-state index is 15.3. The van der Waals surface area contributed by atoms with Gasteiger partial charge in [-0.1, -0.05) is 35.9 Å². The fourth-order valence-corrected chi connectivity index (χ4v) is 6.41. The van der Waals surface area contributed by atoms with Crippen LogP contribution in [0.2, 0.25) is 5.02 Å². The maximum absolute atomic E-state index is 15.3. The van der Waals surface area contributed by atoms with E-state index in [4.69, 9.17) is 16.3 Å². The molecule has 0 saturated carbocycles. The molecule has 0 N–H and O–H groups in total. The first-order valence-electron chi connectivity index (χ1n) is 15.8. The second kappa shape index (κ2) is 14.5. The Balaban J connectivity index is 1.35. The molecular formula is C35H33ClFN7O5. The zero-order valence-corrected chi connectivity index (χ0v) is 27.6. The number of likely N-dealkylation sites (N-methyl/N-ethyl adjacent to an activating group) is 1. The smallest absolute Gasteiger partial charge is 0.338 e. The van der Waals surface area contributed by atoms with Crippen LogP contribution in [-0.4, -0.2) is 93.4 Å². The van der Waals surface area contributed by atoms with Gasteiger partial charge in [0.2, 0.25) is 11.8 Å². The first-order valence-corrected chi connectivity index (χ1v) is 16.1. The number of Topliss-reactive ketones (excluding diaryl/α,β-unsaturated/α-hetero) is 1. The summed E-state index contributed by atoms with van der Waals surface area (Å²) >= 11 is 6.08. The summed E-state index contributed by atoms with van der Waals surface area (Å²) in [6, 6.07) is 13.9. The van der Waals surface area contributed by atoms with E-state index < -0.39 is 23.7 Å². The van der Waals surface area contributed by atoms with E-state index in [9.17, 15) is 19.2 Å². The average molecular weight is 686 g/mol. The van der Waals surface area contributed by atoms with Crippen molar-refractivity contribution in [2.45, 2.75) is 25.8 Å². The first kappa shape index (κ1) is 33.6. The van der Waals surface area contributed by atoms with Crippen LogP contribution in [0.15, 0.2) is 67.0 Å². The largest absolute Gasteiger partial charge is 0.462 e. The second-order valence-corrected chi connectivity index (χ2v) is 12.2. The standard InChI is InChI=1S/C35H33ClFN7O5/c1-3-49-35(48)23-9-7-22(8-10-23)19-30(45)34-25-5-4-6-28(42-18-17-41(2)20-32(42)47)24(25)15-16-43(34)31(46)14-11-26-29(44-21-38-39-40-44)13-12-27(36)33(26)37/h4-14,21,34H,3,15-20H2,1-2H3/b14-11+/t34-/m1/s1. The number of carbonyl (C=O) groups excluding carboxylic acids is 4. The minimum absolute atomic E-state index is 0.00834. The van der Waals surface area contributed by atoms with Gasteiger partial charge >= 0.3 is 5.97 Å². The van der Waals surface area contributed by atoms with Gasteiger partial charge in [0.05, 0.1) is 29.4 Å². The summed E-state index contributed by atoms with van der Waals surface area (Å²) in [6.07, 6.45) is 4.15. The minimum atomic E-state index is -1.00. The van der Waals surface area contributed by atoms with Gasteiger partial charge in [0, 0.05) is 43.4 Å². The SMILES string of the molecule is CCOC(=O)c1ccc(CC(=O)[C@H]2c3cccc(N4CCN(C)CC4=O)c3CCN2C(=O)/C=C/c2c(-n3cnnn3)ccc(Cl)c2F)cc1. The third-order valence-electron chi connectivity index (χ3n) is 8.63. The molecule has 1 saturated heterocycles. The predicted octanol–water partition coefficient (Wildman–Crippen LogP) is 3.86. The number of anilines is 1. The van der Waals surface area contributed by atoms with Gasteiger partial charge in [-0.2, -0.15) is 4.68 Å². The fraction of sp³-hybridized carbons (Fsp3) is 0.286. The molecule has 3 heterocycles. The highest BCUT2D eigenvalue weighted by molar-refractivity contribution is 6.31. The first-order chi connectivity index (χ1) is 23.7. The number of hydrogen-bond donors (Lipinski definition) is 0. The number of hydrogen-bond acceptors (Lipinski definition) is 9. The molecule has 2 amide bonds. The molecule has 3 aromatic carbocycles. The van der Waals surface area contributed by atoms with Gasteiger partial charge in [-0.3, -0.25) is 19.3 Å². The third-order valence-corrected chi connectivity index (χ3v) is 8.92. The highest BCUT2D eigenvalue weighted by Crippen LogP contribution is 2.38. The average Bonchev–Trinajstić information content (AvgIpc) is 3.63. The molecular weight excluding hydrogens is 653 g/mol. The van der Waals surface area contributed by atoms with E-state index in [2.05, 4.69) is 15.5 Å². The Labute approximate surface area is 286 Å². The van der Waals surface area contributed by atoms with Crippen LogP contribution in [0, 0.1) is 5.82 Å². The lowest BCUT2D eigenvalue weighted by Gasteiger charge is -2.39. The summed E-state index contributed by atoms with van der Waals surface area (Å²) in [4.78, 5) is 58.6. The van der Waals surface area contributed by atoms with Crippen LogP contribution in [0.4, 0.5) is 10.1 Å². The van der Waals surface area contributed by atoms with Crippen molar-refractivity contribution in [1.29, 1.82) is 0 Å². The summed E-state index contributed by atoms with van der Waals surface area (Å²) in [5.41, 5.74) is 3.43. The van der Waals surface area contributed by atoms with E-state index >= 15 is 4.39 Å². The number of aromatic nitrogens is 4. The van der Waals surface area contributed by atoms with Crippen LogP contribution in [0.1, 0.15) is 45.6 Å². The number of amides is 2. The number of tetrazole rings is 1. The lowest BCUT2D eigenvalue weighted by Crippen LogP contribution is -2.50. The number of ether oxygens (including phenoxy) is 1. The van der Waals surface area contributed by atoms with Crippen LogP contribution >= 0.6 is 11.6 Å². The van der Waals surface area contributed by atoms with E-state index in [0.717, 1.165) is 11.3 Å². The number of benzene rings is 3. The van der Waals surface area contributed by atoms with Gasteiger partial charge in [-0.25, -0.2) is 9.18 Å². The summed E-state index contributed by atoms with van der Waals surface area (Å²) < 4.78 is 21.6. The number of nitrogens with zero attached hydrogens (tertiary/aromatic N) is 7. The van der Waals surface area contributed by atoms with Crippen molar-refractivity contribution < 1.29 is 28.3 Å². The second-order valence-electron chi connectivity index (χ2n) is 11.8. The number of fused-ring (bicyclic) bond motifs is 1. The lowest BCUT2D eigenvalue weighted by atomic mass is 9.86. The van der Waals surface area contributed by atoms with Crippen molar-refractivity contribution in [2.24, 2.45) is 0 Å². The number of rotatable bonds is 9. The molecule has 2 aliphatic rings. The zero-order chi connectivity index (χ0) is 34.7. The van der Waals surface area contributed by atoms with Gasteiger partial charge < -0.3 is 14.5 Å². The normalized spacial score (nSPS) is 16.6. The Kier molecular flexibility index (Phi) is 9.92. The maximum Gasteiger partial charge on any atom is 0.338 e. The topological polar surface area (TPSA) is 131 Å². The van der Waals surface area contributed by atoms with Crippen LogP contribution in [0.3, 0.4) is 0 Å². The van der Waals surface area contributed by atoms with Gasteiger partial charge in [0.15, 0.2) is 11.6 Å². The van der Waals surface area contributed by atoms with E-state index in [0.29, 0.717) is 36.2 Å². The van der Waals surface area contributed by atoms with E-state index in [1.807, 2.05) is 18.0 Å². The van der Waals surface area contributed by atoms with Crippen LogP contribution in [0.25, 0.3) is 11.8 Å². The molecule has 14 heteroatoms. The van der Waals surface area contributed by atoms with Crippen molar-refractivity contribution in [1.82, 2.24) is 30.0 Å². The Morgan fingerprint density at radius 1 is 1.04 bits per heavy atom. The van der Waals surface area contributed by atoms with Gasteiger partial charge in [-0.05, 0) is 83.9 Å². The number of esters is 1. The van der Waals surface area contributed by atoms with E-state index in [1.54, 1.807) is 48.2 Å². The quantitative estimate of drug-likeness (QED) is 0.190. The molecule has 1 aromatic heterocycles. The highest BCUT2D eigenvalue weighted by Gasteiger charge is 2.37. The molecule has 1 atom stereocenters. The third kappa shape index (κ3) is 6.99. The Morgan fingerprint density at radius 2 is 1.84 bits per heavy atom. The zero-order valence-electron chi connectivity index (χ0n) is 26.9. The number of ketones is 1. The molecule has 0 aliphatic carbocycles. The molecule has 0 bridgehead atoms. The number of carbonyl (C=O) groups is 4. The Bertz CT molecular complexity index is 1930. The van der Waals surface area contributed by atoms with Crippen molar-refractivity contribution >= 4 is 46.9 Å². The van der Waals surface area contributed by atoms with Crippen LogP contribution in [-0.2, 0) is 32.0 Å². The van der Waals surface area contributed by atoms with Crippen molar-refractivity contribution in [3.8, 4) is 5.69 Å². The molecule has 1 fully saturated rings. The summed E-state index contributed by atoms with van der Waals surface area (Å²) in [6.45, 7) is 3.60. The van der Waals surface area contributed by atoms with Crippen molar-refractivity contribution in [3.63, 3.8) is 0 Å². The van der Waals surface area contributed by atoms with Gasteiger partial charge in [0.1, 0.15) is 12.4 Å². The highest BCUT2D eigenvalue weighted by atomic mass is 35.5. The Morgan fingerprint density at radius 3 is 2.55 bits per heavy atom. The molecule has 0 radical (unpaired) electrons. The van der Waals surface area contributed by atoms with Crippen molar-refractivity contribution in [3.05, 3.63) is 106 Å². The molecule has 252 valence electrons. The summed E-state index contributed by atoms with van der Waals surface area (Å²) in [7, 11) is 1.89. The molecule has 49 heavy (non-hydrogen) atoms. The Hall–Kier alpha value is -5.27. The molecule has 12 nitrogen and oxygen atoms in total. The van der Waals surface area contributed by atoms with Crippen LogP contribution in [0.5, 0.6) is 0 Å². The number of piperazine rings is 1. The molecule has 0 spiro atoms. The fourth-order valence-electron chi connectivity index (χ4n) is 6.24. The number of halogens is 2. The van der Waals surface area contributed by atoms with Crippen LogP contribution < -0.4 is 4.90 Å². The minimum Gasteiger partial charge on any atom is -0.462 e. The van der Waals surface area contributed by atoms with Crippen molar-refractivity contribution in [2.75, 3.05) is 44.7 Å².